The minimum absolute atomic E-state index is 0.0825. The molecule has 0 heterocycles. The summed E-state index contributed by atoms with van der Waals surface area (Å²) in [7, 11) is -3.60. The van der Waals surface area contributed by atoms with Gasteiger partial charge in [-0.25, -0.2) is 9.59 Å². The lowest BCUT2D eigenvalue weighted by molar-refractivity contribution is -0.141. The van der Waals surface area contributed by atoms with Gasteiger partial charge in [0.25, 0.3) is 0 Å². The molecule has 0 rings (SSSR count). The van der Waals surface area contributed by atoms with E-state index in [1.165, 1.54) is 20.5 Å². The third-order valence-electron chi connectivity index (χ3n) is 2.52. The summed E-state index contributed by atoms with van der Waals surface area (Å²) in [6.07, 6.45) is -1.70. The molecular weight excluding hydrogens is 394 g/mol. The minimum atomic E-state index is -3.60. The fourth-order valence-corrected chi connectivity index (χ4v) is 3.24. The van der Waals surface area contributed by atoms with Crippen molar-refractivity contribution in [2.45, 2.75) is 26.1 Å². The Bertz CT molecular complexity index is 506. The second-order valence-electron chi connectivity index (χ2n) is 5.29. The zero-order valence-corrected chi connectivity index (χ0v) is 16.9. The zero-order chi connectivity index (χ0) is 19.6. The lowest BCUT2D eigenvalue weighted by atomic mass is 10.3. The van der Waals surface area contributed by atoms with Crippen molar-refractivity contribution in [2.24, 2.45) is 0 Å². The lowest BCUT2D eigenvalue weighted by Crippen LogP contribution is -2.27. The van der Waals surface area contributed by atoms with Crippen molar-refractivity contribution >= 4 is 42.7 Å². The van der Waals surface area contributed by atoms with E-state index in [0.717, 1.165) is 0 Å². The molecule has 0 aliphatic carbocycles. The summed E-state index contributed by atoms with van der Waals surface area (Å²) in [4.78, 5) is 22.7. The van der Waals surface area contributed by atoms with E-state index in [0.29, 0.717) is 0 Å². The SMILES string of the molecule is C=C(C)C(=O)OCC(CCl)OP(C)(=O)OC(CCl)COC(=O)C(=C)C. The first-order valence-corrected chi connectivity index (χ1v) is 10.3. The summed E-state index contributed by atoms with van der Waals surface area (Å²) in [5.74, 6) is -1.39. The maximum atomic E-state index is 12.4. The Hall–Kier alpha value is -0.850. The minimum Gasteiger partial charge on any atom is -0.460 e. The molecule has 10 heteroatoms. The van der Waals surface area contributed by atoms with E-state index in [1.54, 1.807) is 0 Å². The molecule has 7 nitrogen and oxygen atoms in total. The number of carbonyl (C=O) groups is 2. The van der Waals surface area contributed by atoms with E-state index >= 15 is 0 Å². The van der Waals surface area contributed by atoms with Crippen LogP contribution in [0.4, 0.5) is 0 Å². The number of hydrogen-bond acceptors (Lipinski definition) is 7. The van der Waals surface area contributed by atoms with Crippen LogP contribution in [-0.4, -0.2) is 55.8 Å². The van der Waals surface area contributed by atoms with E-state index < -0.39 is 31.7 Å². The van der Waals surface area contributed by atoms with Gasteiger partial charge in [0.05, 0.1) is 11.8 Å². The zero-order valence-electron chi connectivity index (χ0n) is 14.5. The van der Waals surface area contributed by atoms with Crippen LogP contribution in [0.15, 0.2) is 24.3 Å². The van der Waals surface area contributed by atoms with Crippen LogP contribution in [0.2, 0.25) is 0 Å². The van der Waals surface area contributed by atoms with Crippen molar-refractivity contribution in [3.63, 3.8) is 0 Å². The van der Waals surface area contributed by atoms with E-state index in [4.69, 9.17) is 41.7 Å². The highest BCUT2D eigenvalue weighted by Gasteiger charge is 2.28. The van der Waals surface area contributed by atoms with Gasteiger partial charge in [0.2, 0.25) is 0 Å². The Kier molecular flexibility index (Phi) is 11.3. The van der Waals surface area contributed by atoms with E-state index in [-0.39, 0.29) is 36.1 Å². The second-order valence-corrected chi connectivity index (χ2v) is 7.87. The molecule has 0 aromatic carbocycles. The number of halogens is 2. The van der Waals surface area contributed by atoms with E-state index in [2.05, 4.69) is 13.2 Å². The topological polar surface area (TPSA) is 88.1 Å². The quantitative estimate of drug-likeness (QED) is 0.208. The fourth-order valence-electron chi connectivity index (χ4n) is 1.36. The lowest BCUT2D eigenvalue weighted by Gasteiger charge is -2.24. The van der Waals surface area contributed by atoms with Crippen LogP contribution in [0.3, 0.4) is 0 Å². The maximum Gasteiger partial charge on any atom is 0.333 e. The largest absolute Gasteiger partial charge is 0.460 e. The highest BCUT2D eigenvalue weighted by Crippen LogP contribution is 2.46. The summed E-state index contributed by atoms with van der Waals surface area (Å²) >= 11 is 11.4. The molecule has 2 unspecified atom stereocenters. The highest BCUT2D eigenvalue weighted by atomic mass is 35.5. The first-order valence-electron chi connectivity index (χ1n) is 7.23. The van der Waals surface area contributed by atoms with Crippen molar-refractivity contribution in [3.8, 4) is 0 Å². The number of carbonyl (C=O) groups excluding carboxylic acids is 2. The van der Waals surface area contributed by atoms with Gasteiger partial charge in [-0.15, -0.1) is 23.2 Å². The van der Waals surface area contributed by atoms with Crippen LogP contribution < -0.4 is 0 Å². The molecule has 0 fully saturated rings. The Morgan fingerprint density at radius 2 is 1.24 bits per heavy atom. The molecule has 0 saturated carbocycles. The Morgan fingerprint density at radius 3 is 1.48 bits per heavy atom. The fraction of sp³-hybridized carbons (Fsp3) is 0.600. The van der Waals surface area contributed by atoms with Gasteiger partial charge < -0.3 is 18.5 Å². The van der Waals surface area contributed by atoms with Gasteiger partial charge in [-0.1, -0.05) is 13.2 Å². The Balaban J connectivity index is 4.61. The molecule has 0 aliphatic rings. The van der Waals surface area contributed by atoms with Gasteiger partial charge in [-0.2, -0.15) is 0 Å². The van der Waals surface area contributed by atoms with Gasteiger partial charge in [0.15, 0.2) is 0 Å². The van der Waals surface area contributed by atoms with Gasteiger partial charge in [0.1, 0.15) is 25.4 Å². The molecule has 0 N–H and O–H groups in total. The van der Waals surface area contributed by atoms with Crippen LogP contribution in [0.25, 0.3) is 0 Å². The van der Waals surface area contributed by atoms with Gasteiger partial charge >= 0.3 is 19.5 Å². The molecule has 0 bridgehead atoms. The molecule has 25 heavy (non-hydrogen) atoms. The molecule has 0 aliphatic heterocycles. The predicted octanol–water partition coefficient (Wildman–Crippen LogP) is 3.30. The predicted molar refractivity (Wildman–Crippen MR) is 96.3 cm³/mol. The summed E-state index contributed by atoms with van der Waals surface area (Å²) in [5.41, 5.74) is 0.427. The molecule has 144 valence electrons. The normalized spacial score (nSPS) is 15.6. The first-order chi connectivity index (χ1) is 11.5. The summed E-state index contributed by atoms with van der Waals surface area (Å²) < 4.78 is 32.8. The summed E-state index contributed by atoms with van der Waals surface area (Å²) in [6.45, 7) is 10.6. The maximum absolute atomic E-state index is 12.4. The van der Waals surface area contributed by atoms with Gasteiger partial charge in [-0.3, -0.25) is 4.57 Å². The monoisotopic (exact) mass is 416 g/mol. The van der Waals surface area contributed by atoms with Crippen LogP contribution in [0.1, 0.15) is 13.8 Å². The van der Waals surface area contributed by atoms with Crippen molar-refractivity contribution in [1.29, 1.82) is 0 Å². The van der Waals surface area contributed by atoms with E-state index in [9.17, 15) is 14.2 Å². The van der Waals surface area contributed by atoms with Crippen molar-refractivity contribution in [2.75, 3.05) is 31.6 Å². The van der Waals surface area contributed by atoms with Gasteiger partial charge in [-0.05, 0) is 13.8 Å². The number of rotatable bonds is 12. The van der Waals surface area contributed by atoms with E-state index in [1.807, 2.05) is 0 Å². The first kappa shape index (κ1) is 24.1. The molecular formula is C15H23Cl2O7P. The molecule has 0 amide bonds. The average Bonchev–Trinajstić information content (AvgIpc) is 2.53. The van der Waals surface area contributed by atoms with Crippen molar-refractivity contribution in [1.82, 2.24) is 0 Å². The smallest absolute Gasteiger partial charge is 0.333 e. The van der Waals surface area contributed by atoms with Crippen LogP contribution in [-0.2, 0) is 32.7 Å². The number of alkyl halides is 2. The van der Waals surface area contributed by atoms with Crippen LogP contribution in [0, 0.1) is 0 Å². The third-order valence-corrected chi connectivity index (χ3v) is 4.57. The molecule has 0 saturated heterocycles. The Morgan fingerprint density at radius 1 is 0.920 bits per heavy atom. The molecule has 0 radical (unpaired) electrons. The van der Waals surface area contributed by atoms with Crippen LogP contribution in [0.5, 0.6) is 0 Å². The molecule has 0 aromatic rings. The van der Waals surface area contributed by atoms with Crippen LogP contribution >= 0.6 is 30.8 Å². The standard InChI is InChI=1S/C15H23Cl2O7P/c1-10(2)14(18)21-8-12(6-16)23-25(5,20)24-13(7-17)9-22-15(19)11(3)4/h12-13H,1,3,6-9H2,2,4-5H3. The molecule has 0 spiro atoms. The number of ether oxygens (including phenoxy) is 2. The third kappa shape index (κ3) is 10.7. The molecule has 2 atom stereocenters. The second kappa shape index (κ2) is 11.7. The van der Waals surface area contributed by atoms with Crippen molar-refractivity contribution in [3.05, 3.63) is 24.3 Å². The average molecular weight is 417 g/mol. The highest BCUT2D eigenvalue weighted by molar-refractivity contribution is 7.53. The van der Waals surface area contributed by atoms with Crippen molar-refractivity contribution < 1.29 is 32.7 Å². The summed E-state index contributed by atoms with van der Waals surface area (Å²) in [6, 6.07) is 0. The Labute approximate surface area is 157 Å². The number of hydrogen-bond donors (Lipinski definition) is 0. The summed E-state index contributed by atoms with van der Waals surface area (Å²) in [5, 5.41) is 0. The number of esters is 2. The molecule has 0 aromatic heterocycles. The van der Waals surface area contributed by atoms with Gasteiger partial charge in [0, 0.05) is 17.8 Å².